The first-order chi connectivity index (χ1) is 8.72. The Hall–Kier alpha value is -1.52. The molecular weight excluding hydrogens is 262 g/mol. The molecule has 0 saturated heterocycles. The van der Waals surface area contributed by atoms with Crippen molar-refractivity contribution >= 4 is 29.2 Å². The first-order valence-electron chi connectivity index (χ1n) is 6.24. The molecule has 0 saturated carbocycles. The molecule has 0 spiro atoms. The van der Waals surface area contributed by atoms with Crippen molar-refractivity contribution in [2.24, 2.45) is 5.73 Å². The van der Waals surface area contributed by atoms with Crippen molar-refractivity contribution in [3.05, 3.63) is 35.5 Å². The highest BCUT2D eigenvalue weighted by molar-refractivity contribution is 5.86. The lowest BCUT2D eigenvalue weighted by Gasteiger charge is -2.04. The lowest BCUT2D eigenvalue weighted by atomic mass is 10.1. The Bertz CT molecular complexity index is 551. The molecule has 0 unspecified atom stereocenters. The van der Waals surface area contributed by atoms with Crippen LogP contribution in [-0.2, 0) is 11.2 Å². The second kappa shape index (κ2) is 7.16. The van der Waals surface area contributed by atoms with Crippen LogP contribution in [0, 0.1) is 6.92 Å². The third-order valence-electron chi connectivity index (χ3n) is 3.08. The van der Waals surface area contributed by atoms with Gasteiger partial charge in [-0.3, -0.25) is 4.79 Å². The van der Waals surface area contributed by atoms with E-state index in [0.29, 0.717) is 19.5 Å². The Morgan fingerprint density at radius 1 is 1.42 bits per heavy atom. The molecule has 4 nitrogen and oxygen atoms in total. The molecule has 0 aliphatic rings. The molecule has 104 valence electrons. The van der Waals surface area contributed by atoms with E-state index in [9.17, 15) is 4.79 Å². The van der Waals surface area contributed by atoms with E-state index < -0.39 is 0 Å². The van der Waals surface area contributed by atoms with Crippen molar-refractivity contribution < 1.29 is 4.79 Å². The van der Waals surface area contributed by atoms with Gasteiger partial charge in [0.2, 0.25) is 5.91 Å². The number of aromatic nitrogens is 1. The molecule has 1 aromatic carbocycles. The Kier molecular flexibility index (Phi) is 5.86. The fourth-order valence-electron chi connectivity index (χ4n) is 2.20. The van der Waals surface area contributed by atoms with E-state index in [4.69, 9.17) is 5.73 Å². The number of carbonyl (C=O) groups is 1. The van der Waals surface area contributed by atoms with Gasteiger partial charge in [0.15, 0.2) is 0 Å². The Morgan fingerprint density at radius 3 is 2.95 bits per heavy atom. The summed E-state index contributed by atoms with van der Waals surface area (Å²) in [4.78, 5) is 14.6. The number of aryl methyl sites for hydroxylation is 1. The Labute approximate surface area is 119 Å². The minimum atomic E-state index is 0. The average Bonchev–Trinajstić information content (AvgIpc) is 2.74. The van der Waals surface area contributed by atoms with Crippen LogP contribution in [0.4, 0.5) is 0 Å². The predicted octanol–water partition coefficient (Wildman–Crippen LogP) is 1.91. The van der Waals surface area contributed by atoms with E-state index in [2.05, 4.69) is 29.4 Å². The monoisotopic (exact) mass is 281 g/mol. The van der Waals surface area contributed by atoms with Crippen molar-refractivity contribution in [2.45, 2.75) is 19.8 Å². The van der Waals surface area contributed by atoms with E-state index in [1.807, 2.05) is 12.3 Å². The number of nitrogens with two attached hydrogens (primary N) is 1. The van der Waals surface area contributed by atoms with E-state index in [-0.39, 0.29) is 18.3 Å². The fraction of sp³-hybridized carbons (Fsp3) is 0.357. The molecule has 2 aromatic rings. The first-order valence-corrected chi connectivity index (χ1v) is 6.24. The molecule has 0 radical (unpaired) electrons. The largest absolute Gasteiger partial charge is 0.361 e. The van der Waals surface area contributed by atoms with Gasteiger partial charge in [0.25, 0.3) is 0 Å². The smallest absolute Gasteiger partial charge is 0.221 e. The molecular formula is C14H20ClN3O. The number of carbonyl (C=O) groups excluding carboxylic acids is 1. The van der Waals surface area contributed by atoms with Crippen LogP contribution in [-0.4, -0.2) is 24.0 Å². The minimum Gasteiger partial charge on any atom is -0.361 e. The van der Waals surface area contributed by atoms with Crippen LogP contribution in [0.5, 0.6) is 0 Å². The number of hydrogen-bond donors (Lipinski definition) is 3. The van der Waals surface area contributed by atoms with E-state index >= 15 is 0 Å². The topological polar surface area (TPSA) is 70.9 Å². The highest BCUT2D eigenvalue weighted by Crippen LogP contribution is 2.22. The van der Waals surface area contributed by atoms with Gasteiger partial charge in [-0.15, -0.1) is 12.4 Å². The minimum absolute atomic E-state index is 0. The van der Waals surface area contributed by atoms with Crippen LogP contribution in [0.1, 0.15) is 17.5 Å². The molecule has 0 aliphatic heterocycles. The number of rotatable bonds is 5. The van der Waals surface area contributed by atoms with Crippen LogP contribution >= 0.6 is 12.4 Å². The number of benzene rings is 1. The molecule has 0 bridgehead atoms. The number of nitrogens with one attached hydrogen (secondary N) is 2. The van der Waals surface area contributed by atoms with Gasteiger partial charge in [0.1, 0.15) is 0 Å². The highest BCUT2D eigenvalue weighted by Gasteiger charge is 2.06. The Balaban J connectivity index is 0.00000180. The molecule has 5 heteroatoms. The van der Waals surface area contributed by atoms with Crippen LogP contribution in [0.25, 0.3) is 10.9 Å². The third kappa shape index (κ3) is 3.72. The van der Waals surface area contributed by atoms with Crippen LogP contribution in [0.3, 0.4) is 0 Å². The summed E-state index contributed by atoms with van der Waals surface area (Å²) in [7, 11) is 0. The molecule has 19 heavy (non-hydrogen) atoms. The average molecular weight is 282 g/mol. The molecule has 1 aromatic heterocycles. The fourth-order valence-corrected chi connectivity index (χ4v) is 2.20. The number of hydrogen-bond acceptors (Lipinski definition) is 2. The van der Waals surface area contributed by atoms with Gasteiger partial charge in [0, 0.05) is 36.6 Å². The summed E-state index contributed by atoms with van der Waals surface area (Å²) < 4.78 is 0. The molecule has 2 rings (SSSR count). The summed E-state index contributed by atoms with van der Waals surface area (Å²) in [6.45, 7) is 3.16. The van der Waals surface area contributed by atoms with Crippen LogP contribution in [0.2, 0.25) is 0 Å². The number of amides is 1. The number of H-pyrrole nitrogens is 1. The van der Waals surface area contributed by atoms with Crippen molar-refractivity contribution in [3.8, 4) is 0 Å². The second-order valence-corrected chi connectivity index (χ2v) is 4.45. The predicted molar refractivity (Wildman–Crippen MR) is 80.7 cm³/mol. The number of aromatic amines is 1. The zero-order valence-electron chi connectivity index (χ0n) is 11.0. The van der Waals surface area contributed by atoms with E-state index in [1.54, 1.807) is 0 Å². The number of halogens is 1. The van der Waals surface area contributed by atoms with Gasteiger partial charge in [0.05, 0.1) is 0 Å². The van der Waals surface area contributed by atoms with Crippen LogP contribution < -0.4 is 11.1 Å². The number of fused-ring (bicyclic) bond motifs is 1. The highest BCUT2D eigenvalue weighted by atomic mass is 35.5. The van der Waals surface area contributed by atoms with Crippen molar-refractivity contribution in [1.82, 2.24) is 10.3 Å². The summed E-state index contributed by atoms with van der Waals surface area (Å²) >= 11 is 0. The summed E-state index contributed by atoms with van der Waals surface area (Å²) in [6.07, 6.45) is 3.25. The SMILES string of the molecule is Cc1cccc2[nH]cc(CCNC(=O)CCN)c12.Cl. The summed E-state index contributed by atoms with van der Waals surface area (Å²) in [5, 5.41) is 4.14. The van der Waals surface area contributed by atoms with Gasteiger partial charge < -0.3 is 16.0 Å². The van der Waals surface area contributed by atoms with Crippen molar-refractivity contribution in [3.63, 3.8) is 0 Å². The maximum atomic E-state index is 11.3. The maximum Gasteiger partial charge on any atom is 0.221 e. The van der Waals surface area contributed by atoms with Gasteiger partial charge in [-0.25, -0.2) is 0 Å². The zero-order chi connectivity index (χ0) is 13.0. The molecule has 1 amide bonds. The van der Waals surface area contributed by atoms with Crippen molar-refractivity contribution in [2.75, 3.05) is 13.1 Å². The maximum absolute atomic E-state index is 11.3. The molecule has 0 atom stereocenters. The van der Waals surface area contributed by atoms with Gasteiger partial charge >= 0.3 is 0 Å². The molecule has 4 N–H and O–H groups in total. The normalized spacial score (nSPS) is 10.2. The quantitative estimate of drug-likeness (QED) is 0.783. The van der Waals surface area contributed by atoms with Crippen molar-refractivity contribution in [1.29, 1.82) is 0 Å². The summed E-state index contributed by atoms with van der Waals surface area (Å²) in [5.41, 5.74) is 8.98. The lowest BCUT2D eigenvalue weighted by molar-refractivity contribution is -0.120. The van der Waals surface area contributed by atoms with E-state index in [1.165, 1.54) is 16.5 Å². The summed E-state index contributed by atoms with van der Waals surface area (Å²) in [5.74, 6) is 0.0223. The van der Waals surface area contributed by atoms with E-state index in [0.717, 1.165) is 11.9 Å². The Morgan fingerprint density at radius 2 is 2.21 bits per heavy atom. The van der Waals surface area contributed by atoms with Gasteiger partial charge in [-0.2, -0.15) is 0 Å². The zero-order valence-corrected chi connectivity index (χ0v) is 11.8. The van der Waals surface area contributed by atoms with Gasteiger partial charge in [-0.1, -0.05) is 12.1 Å². The molecule has 1 heterocycles. The molecule has 0 fully saturated rings. The second-order valence-electron chi connectivity index (χ2n) is 4.45. The standard InChI is InChI=1S/C14H19N3O.ClH/c1-10-3-2-4-12-14(10)11(9-17-12)6-8-16-13(18)5-7-15;/h2-4,9,17H,5-8,15H2,1H3,(H,16,18);1H. The van der Waals surface area contributed by atoms with Crippen LogP contribution in [0.15, 0.2) is 24.4 Å². The third-order valence-corrected chi connectivity index (χ3v) is 3.08. The van der Waals surface area contributed by atoms with Gasteiger partial charge in [-0.05, 0) is 30.5 Å². The lowest BCUT2D eigenvalue weighted by Crippen LogP contribution is -2.27. The first kappa shape index (κ1) is 15.5. The molecule has 0 aliphatic carbocycles. The summed E-state index contributed by atoms with van der Waals surface area (Å²) in [6, 6.07) is 6.21.